The minimum atomic E-state index is 0.710. The molecule has 2 heteroatoms. The van der Waals surface area contributed by atoms with Crippen LogP contribution in [0.15, 0.2) is 194 Å². The van der Waals surface area contributed by atoms with Gasteiger partial charge in [-0.1, -0.05) is 188 Å². The first-order valence-electron chi connectivity index (χ1n) is 21.2. The predicted octanol–water partition coefficient (Wildman–Crippen LogP) is 18.0. The van der Waals surface area contributed by atoms with E-state index in [1.807, 2.05) is 23.5 Å². The van der Waals surface area contributed by atoms with E-state index in [-0.39, 0.29) is 0 Å². The van der Waals surface area contributed by atoms with Crippen LogP contribution in [0.25, 0.3) is 134 Å². The Morgan fingerprint density at radius 2 is 0.774 bits per heavy atom. The fourth-order valence-electron chi connectivity index (χ4n) is 10.6. The maximum Gasteiger partial charge on any atom is 0.202 e. The summed E-state index contributed by atoms with van der Waals surface area (Å²) in [4.78, 5) is 4.08. The molecule has 62 heavy (non-hydrogen) atoms. The maximum absolute atomic E-state index is 8.21. The second-order valence-corrected chi connectivity index (χ2v) is 17.7. The number of thiophene rings is 1. The van der Waals surface area contributed by atoms with Gasteiger partial charge in [0.25, 0.3) is 0 Å². The van der Waals surface area contributed by atoms with Gasteiger partial charge in [0.1, 0.15) is 0 Å². The Labute approximate surface area is 362 Å². The first-order valence-corrected chi connectivity index (χ1v) is 22.0. The van der Waals surface area contributed by atoms with E-state index in [0.29, 0.717) is 5.69 Å². The van der Waals surface area contributed by atoms with Gasteiger partial charge in [-0.2, -0.15) is 0 Å². The molecule has 1 nitrogen and oxygen atoms in total. The van der Waals surface area contributed by atoms with Gasteiger partial charge >= 0.3 is 0 Å². The maximum atomic E-state index is 8.21. The van der Waals surface area contributed by atoms with Crippen LogP contribution in [0.4, 0.5) is 5.69 Å². The van der Waals surface area contributed by atoms with Crippen LogP contribution in [0.1, 0.15) is 5.56 Å². The molecule has 0 atom stereocenters. The molecule has 0 fully saturated rings. The Balaban J connectivity index is 1.02. The van der Waals surface area contributed by atoms with Crippen LogP contribution in [0.3, 0.4) is 0 Å². The van der Waals surface area contributed by atoms with E-state index in [4.69, 9.17) is 6.57 Å². The number of nitrogens with zero attached hydrogens (tertiary/aromatic N) is 1. The van der Waals surface area contributed by atoms with Crippen molar-refractivity contribution in [2.75, 3.05) is 0 Å². The summed E-state index contributed by atoms with van der Waals surface area (Å²) < 4.78 is 2.69. The molecular weight excluding hydrogens is 767 g/mol. The Bertz CT molecular complexity index is 3990. The van der Waals surface area contributed by atoms with Crippen LogP contribution < -0.4 is 0 Å². The van der Waals surface area contributed by atoms with Gasteiger partial charge in [0.05, 0.1) is 6.57 Å². The average molecular weight is 802 g/mol. The third kappa shape index (κ3) is 4.95. The van der Waals surface area contributed by atoms with Crippen LogP contribution in [0, 0.1) is 13.5 Å². The molecule has 0 spiro atoms. The molecule has 13 rings (SSSR count). The number of hydrogen-bond donors (Lipinski definition) is 0. The van der Waals surface area contributed by atoms with Crippen molar-refractivity contribution in [2.24, 2.45) is 0 Å². The smallest absolute Gasteiger partial charge is 0.202 e. The Morgan fingerprint density at radius 3 is 1.39 bits per heavy atom. The number of aryl methyl sites for hydroxylation is 1. The van der Waals surface area contributed by atoms with Crippen molar-refractivity contribution in [3.63, 3.8) is 0 Å². The van der Waals surface area contributed by atoms with Crippen LogP contribution in [-0.2, 0) is 0 Å². The van der Waals surface area contributed by atoms with Crippen molar-refractivity contribution in [1.82, 2.24) is 0 Å². The second-order valence-electron chi connectivity index (χ2n) is 16.6. The molecule has 0 bridgehead atoms. The van der Waals surface area contributed by atoms with Crippen molar-refractivity contribution < 1.29 is 0 Å². The van der Waals surface area contributed by atoms with Crippen LogP contribution in [0.5, 0.6) is 0 Å². The Kier molecular flexibility index (Phi) is 7.52. The van der Waals surface area contributed by atoms with Crippen molar-refractivity contribution in [1.29, 1.82) is 0 Å². The highest BCUT2D eigenvalue weighted by Gasteiger charge is 2.22. The quantitative estimate of drug-likeness (QED) is 0.0952. The number of hydrogen-bond acceptors (Lipinski definition) is 1. The summed E-state index contributed by atoms with van der Waals surface area (Å²) in [6.45, 7) is 10.4. The molecule has 1 heterocycles. The van der Waals surface area contributed by atoms with Crippen molar-refractivity contribution in [3.8, 4) is 33.4 Å². The van der Waals surface area contributed by atoms with Crippen LogP contribution >= 0.6 is 11.3 Å². The predicted molar refractivity (Wildman–Crippen MR) is 269 cm³/mol. The van der Waals surface area contributed by atoms with Gasteiger partial charge in [0.2, 0.25) is 5.69 Å². The molecule has 0 N–H and O–H groups in total. The molecule has 0 aliphatic rings. The molecule has 13 aromatic rings. The number of rotatable bonds is 3. The van der Waals surface area contributed by atoms with E-state index >= 15 is 0 Å². The molecular formula is C60H35NS. The number of fused-ring (bicyclic) bond motifs is 14. The van der Waals surface area contributed by atoms with E-state index in [1.165, 1.54) is 113 Å². The largest absolute Gasteiger partial charge is 0.237 e. The first kappa shape index (κ1) is 35.0. The molecule has 0 aliphatic carbocycles. The SMILES string of the molecule is [C-]#[N+]c1c2ccccc2c(-c2c3ccccc3c(-c3ccc(-c4ccc5c(c4)c4cc(C)ccc4c4ccc6c7ccccc7sc6c45)cc3)c3ccccc23)c2ccccc12. The van der Waals surface area contributed by atoms with Crippen LogP contribution in [-0.4, -0.2) is 0 Å². The van der Waals surface area contributed by atoms with Gasteiger partial charge in [0, 0.05) is 25.6 Å². The highest BCUT2D eigenvalue weighted by atomic mass is 32.1. The third-order valence-corrected chi connectivity index (χ3v) is 14.5. The summed E-state index contributed by atoms with van der Waals surface area (Å²) >= 11 is 1.91. The van der Waals surface area contributed by atoms with E-state index in [0.717, 1.165) is 21.5 Å². The lowest BCUT2D eigenvalue weighted by molar-refractivity contribution is 1.51. The standard InChI is InChI=1S/C60H35NS/c1-35-23-29-39-47-31-32-51-40-13-11-12-22-54(40)62-60(51)58(47)48-30-28-38(34-53(48)52(39)33-35)36-24-26-37(27-25-36)55-41-14-3-5-16-43(41)56(44-17-6-4-15-42(44)55)57-45-18-7-9-20-49(45)59(61-2)50-21-10-8-19-46(50)57/h3-34H,1H3. The molecule has 0 radical (unpaired) electrons. The molecule has 0 amide bonds. The van der Waals surface area contributed by atoms with Crippen molar-refractivity contribution in [2.45, 2.75) is 6.92 Å². The Hall–Kier alpha value is -7.83. The highest BCUT2D eigenvalue weighted by molar-refractivity contribution is 7.26. The zero-order chi connectivity index (χ0) is 41.1. The summed E-state index contributed by atoms with van der Waals surface area (Å²) in [5.74, 6) is 0. The Morgan fingerprint density at radius 1 is 0.339 bits per heavy atom. The van der Waals surface area contributed by atoms with Gasteiger partial charge < -0.3 is 0 Å². The molecule has 1 aromatic heterocycles. The van der Waals surface area contributed by atoms with E-state index in [9.17, 15) is 0 Å². The monoisotopic (exact) mass is 801 g/mol. The summed E-state index contributed by atoms with van der Waals surface area (Å²) in [6, 6.07) is 71.4. The third-order valence-electron chi connectivity index (χ3n) is 13.3. The van der Waals surface area contributed by atoms with E-state index in [1.54, 1.807) is 0 Å². The number of benzene rings is 12. The molecule has 0 saturated carbocycles. The lowest BCUT2D eigenvalue weighted by Crippen LogP contribution is -1.93. The summed E-state index contributed by atoms with van der Waals surface area (Å²) in [5, 5.41) is 19.5. The fraction of sp³-hybridized carbons (Fsp3) is 0.0167. The molecule has 0 saturated heterocycles. The van der Waals surface area contributed by atoms with E-state index < -0.39 is 0 Å². The molecule has 0 unspecified atom stereocenters. The van der Waals surface area contributed by atoms with Gasteiger partial charge in [-0.3, -0.25) is 0 Å². The lowest BCUT2D eigenvalue weighted by atomic mass is 9.82. The van der Waals surface area contributed by atoms with Crippen molar-refractivity contribution >= 4 is 113 Å². The zero-order valence-corrected chi connectivity index (χ0v) is 34.6. The van der Waals surface area contributed by atoms with E-state index in [2.05, 4.69) is 194 Å². The molecule has 0 aliphatic heterocycles. The minimum absolute atomic E-state index is 0.710. The molecule has 12 aromatic carbocycles. The van der Waals surface area contributed by atoms with Gasteiger partial charge in [-0.05, 0) is 122 Å². The first-order chi connectivity index (χ1) is 30.6. The van der Waals surface area contributed by atoms with Gasteiger partial charge in [0.15, 0.2) is 0 Å². The summed E-state index contributed by atoms with van der Waals surface area (Å²) in [7, 11) is 0. The topological polar surface area (TPSA) is 4.36 Å². The van der Waals surface area contributed by atoms with Gasteiger partial charge in [-0.25, -0.2) is 4.85 Å². The summed E-state index contributed by atoms with van der Waals surface area (Å²) in [6.07, 6.45) is 0. The normalized spacial score (nSPS) is 11.9. The minimum Gasteiger partial charge on any atom is -0.237 e. The average Bonchev–Trinajstić information content (AvgIpc) is 3.71. The van der Waals surface area contributed by atoms with Gasteiger partial charge in [-0.15, -0.1) is 11.3 Å². The van der Waals surface area contributed by atoms with Crippen LogP contribution in [0.2, 0.25) is 0 Å². The highest BCUT2D eigenvalue weighted by Crippen LogP contribution is 2.50. The fourth-order valence-corrected chi connectivity index (χ4v) is 11.9. The van der Waals surface area contributed by atoms with Crippen molar-refractivity contribution in [3.05, 3.63) is 211 Å². The summed E-state index contributed by atoms with van der Waals surface area (Å²) in [5.41, 5.74) is 9.19. The zero-order valence-electron chi connectivity index (χ0n) is 33.8. The molecule has 286 valence electrons. The second kappa shape index (κ2) is 13.3. The lowest BCUT2D eigenvalue weighted by Gasteiger charge is -2.21.